The zero-order valence-electron chi connectivity index (χ0n) is 10.6. The summed E-state index contributed by atoms with van der Waals surface area (Å²) >= 11 is 0. The first kappa shape index (κ1) is 12.9. The van der Waals surface area contributed by atoms with Crippen LogP contribution in [0.15, 0.2) is 54.9 Å². The summed E-state index contributed by atoms with van der Waals surface area (Å²) < 4.78 is 0. The second-order valence-corrected chi connectivity index (χ2v) is 4.50. The number of benzene rings is 1. The number of nitrogens with zero attached hydrogens (tertiary/aromatic N) is 1. The molecule has 3 rings (SSSR count). The fourth-order valence-corrected chi connectivity index (χ4v) is 2.04. The molecule has 0 saturated heterocycles. The van der Waals surface area contributed by atoms with E-state index in [0.29, 0.717) is 5.46 Å². The molecule has 0 bridgehead atoms. The SMILES string of the molecule is OB(O)c1ccc(C2=CC(c3cccnc3)ON2)cc1. The van der Waals surface area contributed by atoms with E-state index in [-0.39, 0.29) is 6.10 Å². The van der Waals surface area contributed by atoms with Crippen molar-refractivity contribution in [2.45, 2.75) is 6.10 Å². The highest BCUT2D eigenvalue weighted by molar-refractivity contribution is 6.58. The predicted octanol–water partition coefficient (Wildman–Crippen LogP) is 0.378. The molecule has 1 aliphatic rings. The Morgan fingerprint density at radius 1 is 1.15 bits per heavy atom. The van der Waals surface area contributed by atoms with E-state index in [4.69, 9.17) is 14.9 Å². The Labute approximate surface area is 116 Å². The summed E-state index contributed by atoms with van der Waals surface area (Å²) in [6.07, 6.45) is 5.26. The topological polar surface area (TPSA) is 74.6 Å². The summed E-state index contributed by atoms with van der Waals surface area (Å²) in [6.45, 7) is 0. The Kier molecular flexibility index (Phi) is 3.51. The maximum Gasteiger partial charge on any atom is 0.488 e. The Morgan fingerprint density at radius 2 is 1.95 bits per heavy atom. The number of pyridine rings is 1. The number of rotatable bonds is 3. The highest BCUT2D eigenvalue weighted by Gasteiger charge is 2.19. The summed E-state index contributed by atoms with van der Waals surface area (Å²) in [5.41, 5.74) is 6.07. The third-order valence-electron chi connectivity index (χ3n) is 3.15. The Morgan fingerprint density at radius 3 is 2.60 bits per heavy atom. The van der Waals surface area contributed by atoms with Gasteiger partial charge in [-0.05, 0) is 23.2 Å². The Balaban J connectivity index is 1.81. The molecule has 1 aromatic carbocycles. The molecule has 20 heavy (non-hydrogen) atoms. The van der Waals surface area contributed by atoms with Gasteiger partial charge in [-0.1, -0.05) is 30.3 Å². The first-order valence-corrected chi connectivity index (χ1v) is 6.24. The van der Waals surface area contributed by atoms with Gasteiger partial charge in [-0.15, -0.1) is 0 Å². The lowest BCUT2D eigenvalue weighted by Crippen LogP contribution is -2.29. The van der Waals surface area contributed by atoms with Crippen LogP contribution < -0.4 is 10.9 Å². The highest BCUT2D eigenvalue weighted by Crippen LogP contribution is 2.27. The minimum absolute atomic E-state index is 0.179. The van der Waals surface area contributed by atoms with E-state index >= 15 is 0 Å². The van der Waals surface area contributed by atoms with Gasteiger partial charge in [0.15, 0.2) is 0 Å². The number of hydrogen-bond donors (Lipinski definition) is 3. The molecule has 6 heteroatoms. The standard InChI is InChI=1S/C14H13BN2O3/c18-15(19)12-5-3-10(4-6-12)13-8-14(20-17-13)11-2-1-7-16-9-11/h1-9,14,17-19H. The molecule has 1 aromatic heterocycles. The van der Waals surface area contributed by atoms with Crippen LogP contribution in [0.4, 0.5) is 0 Å². The van der Waals surface area contributed by atoms with Crippen molar-refractivity contribution in [2.75, 3.05) is 0 Å². The average molecular weight is 268 g/mol. The minimum atomic E-state index is -1.45. The lowest BCUT2D eigenvalue weighted by atomic mass is 9.80. The maximum absolute atomic E-state index is 9.06. The molecule has 2 aromatic rings. The summed E-state index contributed by atoms with van der Waals surface area (Å²) in [5, 5.41) is 18.1. The Bertz CT molecular complexity index is 614. The van der Waals surface area contributed by atoms with E-state index in [2.05, 4.69) is 10.5 Å². The van der Waals surface area contributed by atoms with Gasteiger partial charge >= 0.3 is 7.12 Å². The summed E-state index contributed by atoms with van der Waals surface area (Å²) in [6, 6.07) is 10.8. The zero-order chi connectivity index (χ0) is 13.9. The van der Waals surface area contributed by atoms with Gasteiger partial charge in [-0.3, -0.25) is 15.3 Å². The molecule has 1 unspecified atom stereocenters. The summed E-state index contributed by atoms with van der Waals surface area (Å²) in [4.78, 5) is 9.57. The van der Waals surface area contributed by atoms with Crippen LogP contribution in [0, 0.1) is 0 Å². The largest absolute Gasteiger partial charge is 0.488 e. The van der Waals surface area contributed by atoms with Crippen LogP contribution in [-0.4, -0.2) is 22.2 Å². The van der Waals surface area contributed by atoms with E-state index in [1.165, 1.54) is 0 Å². The molecule has 0 spiro atoms. The number of nitrogens with one attached hydrogen (secondary N) is 1. The molecule has 0 fully saturated rings. The third-order valence-corrected chi connectivity index (χ3v) is 3.15. The van der Waals surface area contributed by atoms with Crippen LogP contribution in [0.2, 0.25) is 0 Å². The number of hydrogen-bond acceptors (Lipinski definition) is 5. The van der Waals surface area contributed by atoms with Crippen LogP contribution in [0.25, 0.3) is 5.70 Å². The summed E-state index contributed by atoms with van der Waals surface area (Å²) in [5.74, 6) is 0. The Hall–Kier alpha value is -2.15. The fourth-order valence-electron chi connectivity index (χ4n) is 2.04. The molecular weight excluding hydrogens is 255 g/mol. The molecular formula is C14H13BN2O3. The van der Waals surface area contributed by atoms with E-state index in [1.807, 2.05) is 30.3 Å². The van der Waals surface area contributed by atoms with Gasteiger partial charge in [-0.2, -0.15) is 0 Å². The smallest absolute Gasteiger partial charge is 0.423 e. The van der Waals surface area contributed by atoms with Crippen molar-refractivity contribution in [1.82, 2.24) is 10.5 Å². The van der Waals surface area contributed by atoms with Gasteiger partial charge in [0.1, 0.15) is 6.10 Å². The van der Waals surface area contributed by atoms with Crippen molar-refractivity contribution >= 4 is 18.3 Å². The summed E-state index contributed by atoms with van der Waals surface area (Å²) in [7, 11) is -1.45. The van der Waals surface area contributed by atoms with Gasteiger partial charge in [0, 0.05) is 18.0 Å². The van der Waals surface area contributed by atoms with Crippen molar-refractivity contribution in [3.05, 3.63) is 66.0 Å². The lowest BCUT2D eigenvalue weighted by molar-refractivity contribution is 0.0509. The van der Waals surface area contributed by atoms with E-state index in [9.17, 15) is 0 Å². The number of hydroxylamine groups is 1. The van der Waals surface area contributed by atoms with Crippen molar-refractivity contribution in [3.63, 3.8) is 0 Å². The molecule has 1 aliphatic heterocycles. The van der Waals surface area contributed by atoms with Crippen molar-refractivity contribution in [2.24, 2.45) is 0 Å². The zero-order valence-corrected chi connectivity index (χ0v) is 10.6. The van der Waals surface area contributed by atoms with Gasteiger partial charge in [0.05, 0.1) is 5.70 Å². The third kappa shape index (κ3) is 2.58. The van der Waals surface area contributed by atoms with Gasteiger partial charge < -0.3 is 10.0 Å². The van der Waals surface area contributed by atoms with Crippen molar-refractivity contribution in [3.8, 4) is 0 Å². The van der Waals surface area contributed by atoms with Crippen LogP contribution >= 0.6 is 0 Å². The van der Waals surface area contributed by atoms with Crippen LogP contribution in [-0.2, 0) is 4.84 Å². The molecule has 3 N–H and O–H groups in total. The monoisotopic (exact) mass is 268 g/mol. The molecule has 1 atom stereocenters. The average Bonchev–Trinajstić information content (AvgIpc) is 2.98. The van der Waals surface area contributed by atoms with E-state index in [0.717, 1.165) is 16.8 Å². The van der Waals surface area contributed by atoms with Crippen LogP contribution in [0.5, 0.6) is 0 Å². The normalized spacial score (nSPS) is 17.5. The van der Waals surface area contributed by atoms with Crippen LogP contribution in [0.3, 0.4) is 0 Å². The van der Waals surface area contributed by atoms with Gasteiger partial charge in [0.2, 0.25) is 0 Å². The fraction of sp³-hybridized carbons (Fsp3) is 0.0714. The van der Waals surface area contributed by atoms with Crippen LogP contribution in [0.1, 0.15) is 17.2 Å². The first-order chi connectivity index (χ1) is 9.74. The molecule has 2 heterocycles. The molecule has 0 amide bonds. The molecule has 5 nitrogen and oxygen atoms in total. The van der Waals surface area contributed by atoms with E-state index < -0.39 is 7.12 Å². The molecule has 0 radical (unpaired) electrons. The minimum Gasteiger partial charge on any atom is -0.423 e. The first-order valence-electron chi connectivity index (χ1n) is 6.24. The quantitative estimate of drug-likeness (QED) is 0.702. The molecule has 100 valence electrons. The highest BCUT2D eigenvalue weighted by atomic mass is 16.7. The van der Waals surface area contributed by atoms with E-state index in [1.54, 1.807) is 24.5 Å². The molecule has 0 aliphatic carbocycles. The van der Waals surface area contributed by atoms with Gasteiger partial charge in [0.25, 0.3) is 0 Å². The maximum atomic E-state index is 9.06. The molecule has 0 saturated carbocycles. The second-order valence-electron chi connectivity index (χ2n) is 4.50. The lowest BCUT2D eigenvalue weighted by Gasteiger charge is -2.06. The second kappa shape index (κ2) is 5.46. The number of aromatic nitrogens is 1. The van der Waals surface area contributed by atoms with Crippen molar-refractivity contribution < 1.29 is 14.9 Å². The van der Waals surface area contributed by atoms with Crippen molar-refractivity contribution in [1.29, 1.82) is 0 Å². The predicted molar refractivity (Wildman–Crippen MR) is 75.4 cm³/mol. The van der Waals surface area contributed by atoms with Gasteiger partial charge in [-0.25, -0.2) is 0 Å².